The van der Waals surface area contributed by atoms with E-state index in [0.29, 0.717) is 22.4 Å². The van der Waals surface area contributed by atoms with Crippen LogP contribution in [0.1, 0.15) is 18.9 Å². The fourth-order valence-corrected chi connectivity index (χ4v) is 5.42. The summed E-state index contributed by atoms with van der Waals surface area (Å²) in [5, 5.41) is 19.2. The van der Waals surface area contributed by atoms with Gasteiger partial charge in [0.05, 0.1) is 32.5 Å². The van der Waals surface area contributed by atoms with Gasteiger partial charge in [0, 0.05) is 42.3 Å². The molecule has 4 heterocycles. The van der Waals surface area contributed by atoms with Crippen LogP contribution in [0.5, 0.6) is 0 Å². The summed E-state index contributed by atoms with van der Waals surface area (Å²) >= 11 is 0. The molecular formula is C26H22N8O3. The molecule has 0 aliphatic carbocycles. The highest BCUT2D eigenvalue weighted by atomic mass is 16.6. The standard InChI is InChI=1S/C26H22N8O3/c35-26-29-21-3-1-2-4-23(21)33(26)15-9-11-32(12-10-15)16-5-8-20-22(14-16)28-25(27-20)24-18-13-17(34(36)37)6-7-19(18)30-31-24/h1-8,13-15H,9-12H2,(H,27,28)(H,29,35)(H,30,31). The molecule has 0 unspecified atom stereocenters. The van der Waals surface area contributed by atoms with Crippen molar-refractivity contribution in [2.45, 2.75) is 18.9 Å². The first kappa shape index (κ1) is 21.4. The number of hydrogen-bond donors (Lipinski definition) is 3. The van der Waals surface area contributed by atoms with Gasteiger partial charge in [0.2, 0.25) is 0 Å². The number of rotatable bonds is 4. The maximum atomic E-state index is 12.6. The third-order valence-electron chi connectivity index (χ3n) is 7.27. The zero-order valence-corrected chi connectivity index (χ0v) is 19.6. The normalized spacial score (nSPS) is 14.8. The van der Waals surface area contributed by atoms with Gasteiger partial charge < -0.3 is 14.9 Å². The van der Waals surface area contributed by atoms with Crippen LogP contribution in [-0.2, 0) is 0 Å². The number of imidazole rings is 2. The molecule has 1 fully saturated rings. The summed E-state index contributed by atoms with van der Waals surface area (Å²) in [6.07, 6.45) is 1.73. The van der Waals surface area contributed by atoms with Crippen molar-refractivity contribution in [3.05, 3.63) is 81.3 Å². The number of benzene rings is 3. The largest absolute Gasteiger partial charge is 0.371 e. The molecule has 184 valence electrons. The number of nitrogens with zero attached hydrogens (tertiary/aromatic N) is 5. The number of fused-ring (bicyclic) bond motifs is 3. The third kappa shape index (κ3) is 3.46. The summed E-state index contributed by atoms with van der Waals surface area (Å²) in [7, 11) is 0. The van der Waals surface area contributed by atoms with Crippen molar-refractivity contribution in [2.75, 3.05) is 18.0 Å². The smallest absolute Gasteiger partial charge is 0.326 e. The molecule has 0 saturated carbocycles. The molecule has 7 rings (SSSR count). The second-order valence-corrected chi connectivity index (χ2v) is 9.38. The van der Waals surface area contributed by atoms with E-state index in [-0.39, 0.29) is 17.4 Å². The van der Waals surface area contributed by atoms with Gasteiger partial charge in [-0.15, -0.1) is 0 Å². The van der Waals surface area contributed by atoms with Crippen LogP contribution in [0.25, 0.3) is 44.5 Å². The lowest BCUT2D eigenvalue weighted by Gasteiger charge is -2.34. The molecule has 11 heteroatoms. The molecule has 11 nitrogen and oxygen atoms in total. The summed E-state index contributed by atoms with van der Waals surface area (Å²) in [4.78, 5) is 36.7. The van der Waals surface area contributed by atoms with E-state index in [1.165, 1.54) is 12.1 Å². The zero-order valence-electron chi connectivity index (χ0n) is 19.6. The van der Waals surface area contributed by atoms with Gasteiger partial charge in [-0.25, -0.2) is 9.78 Å². The summed E-state index contributed by atoms with van der Waals surface area (Å²) in [5.41, 5.74) is 5.76. The van der Waals surface area contributed by atoms with Crippen LogP contribution in [0.3, 0.4) is 0 Å². The average molecular weight is 495 g/mol. The van der Waals surface area contributed by atoms with E-state index in [4.69, 9.17) is 0 Å². The molecule has 1 aliphatic heterocycles. The van der Waals surface area contributed by atoms with Crippen molar-refractivity contribution in [2.24, 2.45) is 0 Å². The summed E-state index contributed by atoms with van der Waals surface area (Å²) in [6.45, 7) is 1.66. The molecule has 3 N–H and O–H groups in total. The SMILES string of the molecule is O=c1[nH]c2ccccc2n1C1CCN(c2ccc3nc(-c4n[nH]c5ccc([N+](=O)[O-])cc45)[nH]c3c2)CC1. The van der Waals surface area contributed by atoms with Crippen LogP contribution in [0.4, 0.5) is 11.4 Å². The maximum Gasteiger partial charge on any atom is 0.326 e. The number of non-ortho nitro benzene ring substituents is 1. The molecule has 0 spiro atoms. The van der Waals surface area contributed by atoms with Gasteiger partial charge >= 0.3 is 5.69 Å². The van der Waals surface area contributed by atoms with Crippen LogP contribution in [-0.4, -0.2) is 47.7 Å². The molecule has 3 aromatic carbocycles. The predicted octanol–water partition coefficient (Wildman–Crippen LogP) is 4.50. The lowest BCUT2D eigenvalue weighted by Crippen LogP contribution is -2.37. The Morgan fingerprint density at radius 1 is 0.946 bits per heavy atom. The number of H-pyrrole nitrogens is 3. The van der Waals surface area contributed by atoms with Gasteiger partial charge in [-0.3, -0.25) is 19.8 Å². The number of aromatic nitrogens is 6. The Labute approximate surface area is 208 Å². The van der Waals surface area contributed by atoms with Gasteiger partial charge in [-0.2, -0.15) is 5.10 Å². The minimum absolute atomic E-state index is 0.00634. The number of para-hydroxylation sites is 2. The highest BCUT2D eigenvalue weighted by molar-refractivity contribution is 5.94. The summed E-state index contributed by atoms with van der Waals surface area (Å²) < 4.78 is 1.90. The number of nitrogens with one attached hydrogen (secondary N) is 3. The lowest BCUT2D eigenvalue weighted by molar-refractivity contribution is -0.384. The van der Waals surface area contributed by atoms with Crippen LogP contribution in [0, 0.1) is 10.1 Å². The van der Waals surface area contributed by atoms with E-state index >= 15 is 0 Å². The number of piperidine rings is 1. The van der Waals surface area contributed by atoms with Crippen molar-refractivity contribution >= 4 is 44.3 Å². The Bertz CT molecular complexity index is 1870. The molecule has 37 heavy (non-hydrogen) atoms. The monoisotopic (exact) mass is 494 g/mol. The van der Waals surface area contributed by atoms with Crippen LogP contribution in [0.15, 0.2) is 65.5 Å². The van der Waals surface area contributed by atoms with E-state index in [1.807, 2.05) is 34.9 Å². The molecule has 6 aromatic rings. The Morgan fingerprint density at radius 3 is 2.62 bits per heavy atom. The Balaban J connectivity index is 1.15. The number of anilines is 1. The Hall–Kier alpha value is -4.93. The summed E-state index contributed by atoms with van der Waals surface area (Å²) in [5.74, 6) is 0.552. The van der Waals surface area contributed by atoms with Crippen molar-refractivity contribution in [3.8, 4) is 11.5 Å². The van der Waals surface area contributed by atoms with E-state index in [1.54, 1.807) is 6.07 Å². The maximum absolute atomic E-state index is 12.6. The fourth-order valence-electron chi connectivity index (χ4n) is 5.42. The fraction of sp³-hybridized carbons (Fsp3) is 0.192. The average Bonchev–Trinajstić information content (AvgIpc) is 3.61. The first-order chi connectivity index (χ1) is 18.0. The number of nitro benzene ring substituents is 1. The summed E-state index contributed by atoms with van der Waals surface area (Å²) in [6, 6.07) is 18.7. The van der Waals surface area contributed by atoms with Gasteiger partial charge in [0.1, 0.15) is 5.69 Å². The first-order valence-corrected chi connectivity index (χ1v) is 12.1. The minimum Gasteiger partial charge on any atom is -0.371 e. The molecule has 0 amide bonds. The molecule has 3 aromatic heterocycles. The second-order valence-electron chi connectivity index (χ2n) is 9.38. The number of nitro groups is 1. The number of hydrogen-bond acceptors (Lipinski definition) is 6. The lowest BCUT2D eigenvalue weighted by atomic mass is 10.0. The van der Waals surface area contributed by atoms with Gasteiger partial charge in [0.15, 0.2) is 5.82 Å². The van der Waals surface area contributed by atoms with E-state index in [9.17, 15) is 14.9 Å². The molecule has 0 atom stereocenters. The second kappa shape index (κ2) is 8.05. The third-order valence-corrected chi connectivity index (χ3v) is 7.27. The topological polar surface area (TPSA) is 142 Å². The van der Waals surface area contributed by atoms with Crippen molar-refractivity contribution in [3.63, 3.8) is 0 Å². The zero-order chi connectivity index (χ0) is 25.1. The van der Waals surface area contributed by atoms with Crippen LogP contribution in [0.2, 0.25) is 0 Å². The molecule has 1 saturated heterocycles. The van der Waals surface area contributed by atoms with Crippen molar-refractivity contribution in [1.29, 1.82) is 0 Å². The Morgan fingerprint density at radius 2 is 1.78 bits per heavy atom. The van der Waals surface area contributed by atoms with Gasteiger partial charge in [-0.05, 0) is 49.2 Å². The Kier molecular flexibility index (Phi) is 4.65. The van der Waals surface area contributed by atoms with Crippen LogP contribution >= 0.6 is 0 Å². The van der Waals surface area contributed by atoms with Gasteiger partial charge in [-0.1, -0.05) is 12.1 Å². The highest BCUT2D eigenvalue weighted by Crippen LogP contribution is 2.32. The van der Waals surface area contributed by atoms with E-state index < -0.39 is 4.92 Å². The van der Waals surface area contributed by atoms with Crippen molar-refractivity contribution in [1.82, 2.24) is 29.7 Å². The molecular weight excluding hydrogens is 472 g/mol. The minimum atomic E-state index is -0.417. The van der Waals surface area contributed by atoms with E-state index in [0.717, 1.165) is 53.7 Å². The van der Waals surface area contributed by atoms with Crippen molar-refractivity contribution < 1.29 is 4.92 Å². The number of aromatic amines is 3. The quantitative estimate of drug-likeness (QED) is 0.243. The van der Waals surface area contributed by atoms with Gasteiger partial charge in [0.25, 0.3) is 5.69 Å². The first-order valence-electron chi connectivity index (χ1n) is 12.1. The molecule has 1 aliphatic rings. The predicted molar refractivity (Wildman–Crippen MR) is 141 cm³/mol. The molecule has 0 bridgehead atoms. The van der Waals surface area contributed by atoms with Crippen LogP contribution < -0.4 is 10.6 Å². The highest BCUT2D eigenvalue weighted by Gasteiger charge is 2.24. The van der Waals surface area contributed by atoms with E-state index in [2.05, 4.69) is 42.2 Å². The molecule has 0 radical (unpaired) electrons.